The monoisotopic (exact) mass is 331 g/mol. The molecule has 3 aromatic rings. The summed E-state index contributed by atoms with van der Waals surface area (Å²) in [6.07, 6.45) is 6.51. The van der Waals surface area contributed by atoms with Gasteiger partial charge in [0, 0.05) is 22.2 Å². The number of aromatic amines is 1. The van der Waals surface area contributed by atoms with Crippen LogP contribution in [0, 0.1) is 6.92 Å². The Kier molecular flexibility index (Phi) is 4.20. The van der Waals surface area contributed by atoms with E-state index in [1.807, 2.05) is 6.07 Å². The Morgan fingerprint density at radius 3 is 2.40 bits per heavy atom. The molecule has 1 aromatic heterocycles. The van der Waals surface area contributed by atoms with Crippen molar-refractivity contribution < 1.29 is 4.79 Å². The van der Waals surface area contributed by atoms with E-state index in [2.05, 4.69) is 48.3 Å². The normalized spacial score (nSPS) is 15.6. The van der Waals surface area contributed by atoms with Crippen LogP contribution < -0.4 is 0 Å². The summed E-state index contributed by atoms with van der Waals surface area (Å²) in [5.41, 5.74) is 6.97. The molecule has 2 nitrogen and oxygen atoms in total. The standard InChI is InChI=1S/C23H25NO/c1-15-19(16(2)25)13-14-20-21(17-9-5-3-6-10-17)23(24-22(15)20)18-11-7-4-8-12-18/h4,7-8,11-14,17,24H,3,5-6,9-10H2,1-2H3. The Morgan fingerprint density at radius 1 is 1.00 bits per heavy atom. The van der Waals surface area contributed by atoms with E-state index >= 15 is 0 Å². The third-order valence-electron chi connectivity index (χ3n) is 5.73. The molecule has 0 spiro atoms. The van der Waals surface area contributed by atoms with Crippen LogP contribution in [-0.2, 0) is 0 Å². The van der Waals surface area contributed by atoms with Crippen LogP contribution in [0.25, 0.3) is 22.2 Å². The van der Waals surface area contributed by atoms with Crippen LogP contribution in [0.4, 0.5) is 0 Å². The molecule has 25 heavy (non-hydrogen) atoms. The Labute approximate surface area is 149 Å². The summed E-state index contributed by atoms with van der Waals surface area (Å²) in [6, 6.07) is 14.8. The second-order valence-electron chi connectivity index (χ2n) is 7.33. The summed E-state index contributed by atoms with van der Waals surface area (Å²) < 4.78 is 0. The summed E-state index contributed by atoms with van der Waals surface area (Å²) in [5, 5.41) is 1.30. The lowest BCUT2D eigenvalue weighted by molar-refractivity contribution is 0.101. The van der Waals surface area contributed by atoms with E-state index in [9.17, 15) is 4.79 Å². The van der Waals surface area contributed by atoms with Crippen molar-refractivity contribution in [1.29, 1.82) is 0 Å². The van der Waals surface area contributed by atoms with E-state index < -0.39 is 0 Å². The maximum absolute atomic E-state index is 12.0. The smallest absolute Gasteiger partial charge is 0.160 e. The van der Waals surface area contributed by atoms with Crippen LogP contribution in [0.2, 0.25) is 0 Å². The molecule has 128 valence electrons. The number of carbonyl (C=O) groups excluding carboxylic acids is 1. The minimum atomic E-state index is 0.134. The van der Waals surface area contributed by atoms with E-state index in [4.69, 9.17) is 0 Å². The van der Waals surface area contributed by atoms with Crippen molar-refractivity contribution in [3.63, 3.8) is 0 Å². The highest BCUT2D eigenvalue weighted by atomic mass is 16.1. The third kappa shape index (κ3) is 2.80. The average Bonchev–Trinajstić information content (AvgIpc) is 3.04. The molecule has 1 N–H and O–H groups in total. The van der Waals surface area contributed by atoms with Crippen LogP contribution in [0.3, 0.4) is 0 Å². The first kappa shape index (κ1) is 16.1. The largest absolute Gasteiger partial charge is 0.354 e. The molecule has 2 heteroatoms. The minimum Gasteiger partial charge on any atom is -0.354 e. The highest BCUT2D eigenvalue weighted by molar-refractivity contribution is 6.02. The number of H-pyrrole nitrogens is 1. The van der Waals surface area contributed by atoms with Crippen LogP contribution in [-0.4, -0.2) is 10.8 Å². The maximum Gasteiger partial charge on any atom is 0.160 e. The summed E-state index contributed by atoms with van der Waals surface area (Å²) in [6.45, 7) is 3.71. The van der Waals surface area contributed by atoms with Gasteiger partial charge < -0.3 is 4.98 Å². The Balaban J connectivity index is 1.98. The van der Waals surface area contributed by atoms with Crippen molar-refractivity contribution in [3.05, 3.63) is 59.2 Å². The topological polar surface area (TPSA) is 32.9 Å². The van der Waals surface area contributed by atoms with Gasteiger partial charge in [-0.25, -0.2) is 0 Å². The molecule has 4 rings (SSSR count). The zero-order valence-electron chi connectivity index (χ0n) is 15.1. The lowest BCUT2D eigenvalue weighted by Gasteiger charge is -2.23. The van der Waals surface area contributed by atoms with Gasteiger partial charge in [0.25, 0.3) is 0 Å². The van der Waals surface area contributed by atoms with Gasteiger partial charge in [0.15, 0.2) is 5.78 Å². The molecule has 1 saturated carbocycles. The van der Waals surface area contributed by atoms with Gasteiger partial charge in [-0.1, -0.05) is 61.7 Å². The number of ketones is 1. The molecule has 1 heterocycles. The fraction of sp³-hybridized carbons (Fsp3) is 0.348. The number of hydrogen-bond donors (Lipinski definition) is 1. The van der Waals surface area contributed by atoms with Crippen LogP contribution in [0.5, 0.6) is 0 Å². The van der Waals surface area contributed by atoms with E-state index in [1.54, 1.807) is 6.92 Å². The Morgan fingerprint density at radius 2 is 1.72 bits per heavy atom. The van der Waals surface area contributed by atoms with Crippen molar-refractivity contribution in [2.45, 2.75) is 51.9 Å². The fourth-order valence-electron chi connectivity index (χ4n) is 4.45. The Hall–Kier alpha value is -2.35. The lowest BCUT2D eigenvalue weighted by Crippen LogP contribution is -2.05. The highest BCUT2D eigenvalue weighted by Crippen LogP contribution is 2.43. The first-order valence-corrected chi connectivity index (χ1v) is 9.38. The molecule has 0 bridgehead atoms. The SMILES string of the molecule is CC(=O)c1ccc2c(C3CCCCC3)c(-c3ccccc3)[nH]c2c1C. The van der Waals surface area contributed by atoms with E-state index in [-0.39, 0.29) is 5.78 Å². The van der Waals surface area contributed by atoms with Gasteiger partial charge in [0.05, 0.1) is 0 Å². The van der Waals surface area contributed by atoms with Gasteiger partial charge in [0.1, 0.15) is 0 Å². The number of hydrogen-bond acceptors (Lipinski definition) is 1. The number of fused-ring (bicyclic) bond motifs is 1. The lowest BCUT2D eigenvalue weighted by atomic mass is 9.81. The van der Waals surface area contributed by atoms with Crippen molar-refractivity contribution >= 4 is 16.7 Å². The predicted octanol–water partition coefficient (Wildman–Crippen LogP) is 6.39. The van der Waals surface area contributed by atoms with E-state index in [0.29, 0.717) is 5.92 Å². The molecule has 0 radical (unpaired) electrons. The molecule has 1 fully saturated rings. The van der Waals surface area contributed by atoms with Crippen molar-refractivity contribution in [2.75, 3.05) is 0 Å². The Bertz CT molecular complexity index is 914. The molecule has 0 unspecified atom stereocenters. The molecular formula is C23H25NO. The number of Topliss-reactive ketones (excluding diaryl/α,β-unsaturated/α-hetero) is 1. The van der Waals surface area contributed by atoms with Gasteiger partial charge in [-0.15, -0.1) is 0 Å². The second-order valence-corrected chi connectivity index (χ2v) is 7.33. The first-order chi connectivity index (χ1) is 12.2. The second kappa shape index (κ2) is 6.51. The molecule has 0 aliphatic heterocycles. The van der Waals surface area contributed by atoms with Crippen LogP contribution >= 0.6 is 0 Å². The van der Waals surface area contributed by atoms with Crippen LogP contribution in [0.15, 0.2) is 42.5 Å². The molecule has 0 saturated heterocycles. The number of benzene rings is 2. The van der Waals surface area contributed by atoms with Crippen LogP contribution in [0.1, 0.15) is 66.4 Å². The average molecular weight is 331 g/mol. The molecule has 0 atom stereocenters. The number of rotatable bonds is 3. The van der Waals surface area contributed by atoms with Gasteiger partial charge in [-0.3, -0.25) is 4.79 Å². The molecule has 1 aliphatic carbocycles. The van der Waals surface area contributed by atoms with Gasteiger partial charge in [0.2, 0.25) is 0 Å². The highest BCUT2D eigenvalue weighted by Gasteiger charge is 2.24. The third-order valence-corrected chi connectivity index (χ3v) is 5.73. The molecule has 1 aliphatic rings. The number of nitrogens with one attached hydrogen (secondary N) is 1. The summed E-state index contributed by atoms with van der Waals surface area (Å²) in [7, 11) is 0. The maximum atomic E-state index is 12.0. The van der Waals surface area contributed by atoms with E-state index in [1.165, 1.54) is 54.3 Å². The zero-order chi connectivity index (χ0) is 17.4. The van der Waals surface area contributed by atoms with Crippen molar-refractivity contribution in [1.82, 2.24) is 4.98 Å². The predicted molar refractivity (Wildman–Crippen MR) is 104 cm³/mol. The van der Waals surface area contributed by atoms with Gasteiger partial charge in [-0.05, 0) is 49.3 Å². The molecule has 0 amide bonds. The molecule has 2 aromatic carbocycles. The number of aryl methyl sites for hydroxylation is 1. The summed E-state index contributed by atoms with van der Waals surface area (Å²) >= 11 is 0. The molecular weight excluding hydrogens is 306 g/mol. The summed E-state index contributed by atoms with van der Waals surface area (Å²) in [5.74, 6) is 0.745. The number of carbonyl (C=O) groups is 1. The minimum absolute atomic E-state index is 0.134. The summed E-state index contributed by atoms with van der Waals surface area (Å²) in [4.78, 5) is 15.6. The van der Waals surface area contributed by atoms with Gasteiger partial charge >= 0.3 is 0 Å². The van der Waals surface area contributed by atoms with Crippen molar-refractivity contribution in [3.8, 4) is 11.3 Å². The number of aromatic nitrogens is 1. The van der Waals surface area contributed by atoms with E-state index in [0.717, 1.165) is 16.6 Å². The van der Waals surface area contributed by atoms with Gasteiger partial charge in [-0.2, -0.15) is 0 Å². The first-order valence-electron chi connectivity index (χ1n) is 9.38. The quantitative estimate of drug-likeness (QED) is 0.554. The van der Waals surface area contributed by atoms with Crippen molar-refractivity contribution in [2.24, 2.45) is 0 Å². The fourth-order valence-corrected chi connectivity index (χ4v) is 4.45. The zero-order valence-corrected chi connectivity index (χ0v) is 15.1.